The van der Waals surface area contributed by atoms with Crippen molar-refractivity contribution in [3.05, 3.63) is 231 Å². The molecule has 0 aliphatic carbocycles. The van der Waals surface area contributed by atoms with E-state index in [4.69, 9.17) is 17.2 Å². The summed E-state index contributed by atoms with van der Waals surface area (Å²) in [6, 6.07) is 32.0. The summed E-state index contributed by atoms with van der Waals surface area (Å²) in [6.07, 6.45) is 2.58. The Morgan fingerprint density at radius 1 is 0.417 bits per heavy atom. The molecular formula is C70H69F4N15O6S. The summed E-state index contributed by atoms with van der Waals surface area (Å²) in [5.74, 6) is 0.0523. The molecule has 0 aliphatic heterocycles. The number of amides is 3. The lowest BCUT2D eigenvalue weighted by molar-refractivity contribution is -0.124. The number of carbonyl (C=O) groups excluding carboxylic acids is 3. The van der Waals surface area contributed by atoms with E-state index < -0.39 is 53.5 Å². The van der Waals surface area contributed by atoms with Crippen LogP contribution >= 0.6 is 12.1 Å². The SMILES string of the molecule is CSF.Cc1cn2c(C)nc(-c3ccc(NC(=O)C(O)c4cccc(F)c4)cc3C)c2c(N)n1.Cc1cn2c(C)nc(-c3ccc(NC(=O)[C@@H](O)c4cccc(F)c4)cc3C)c2c(N)n1.Cc1cn2c(C)nc(-c3ccc(NC(=O)[C@H](O)c4cccc(F)c4)cc3C)c2c(N)n1. The summed E-state index contributed by atoms with van der Waals surface area (Å²) >= 11 is 0.250. The molecule has 0 saturated heterocycles. The Balaban J connectivity index is 0.000000165. The molecule has 6 aromatic heterocycles. The van der Waals surface area contributed by atoms with Crippen LogP contribution in [0.2, 0.25) is 0 Å². The lowest BCUT2D eigenvalue weighted by atomic mass is 10.0. The van der Waals surface area contributed by atoms with Crippen LogP contribution in [0.15, 0.2) is 146 Å². The van der Waals surface area contributed by atoms with Crippen molar-refractivity contribution in [1.29, 1.82) is 0 Å². The molecule has 26 heteroatoms. The van der Waals surface area contributed by atoms with Gasteiger partial charge in [0.15, 0.2) is 18.3 Å². The molecular weight excluding hydrogens is 1250 g/mol. The van der Waals surface area contributed by atoms with Crippen LogP contribution in [-0.2, 0) is 14.4 Å². The molecule has 0 aliphatic rings. The number of halogens is 4. The Morgan fingerprint density at radius 3 is 0.896 bits per heavy atom. The quantitative estimate of drug-likeness (QED) is 0.0513. The summed E-state index contributed by atoms with van der Waals surface area (Å²) in [4.78, 5) is 64.3. The van der Waals surface area contributed by atoms with Gasteiger partial charge in [0.2, 0.25) is 0 Å². The first-order valence-electron chi connectivity index (χ1n) is 29.7. The monoisotopic (exact) mass is 1320 g/mol. The molecule has 6 heterocycles. The number of nitrogens with two attached hydrogens (primary N) is 3. The maximum atomic E-state index is 13.4. The molecule has 0 radical (unpaired) electrons. The van der Waals surface area contributed by atoms with E-state index in [0.717, 1.165) is 103 Å². The number of aliphatic hydroxyl groups is 3. The van der Waals surface area contributed by atoms with E-state index in [9.17, 15) is 46.8 Å². The number of nitrogens with one attached hydrogen (secondary N) is 3. The second-order valence-corrected chi connectivity index (χ2v) is 22.9. The number of carbonyl (C=O) groups is 3. The zero-order chi connectivity index (χ0) is 69.6. The number of anilines is 6. The van der Waals surface area contributed by atoms with Crippen LogP contribution in [0.25, 0.3) is 50.3 Å². The van der Waals surface area contributed by atoms with Gasteiger partial charge in [-0.2, -0.15) is 3.89 Å². The Kier molecular flexibility index (Phi) is 21.3. The van der Waals surface area contributed by atoms with Crippen molar-refractivity contribution >= 4 is 80.9 Å². The highest BCUT2D eigenvalue weighted by molar-refractivity contribution is 7.93. The Bertz CT molecular complexity index is 4460. The number of hydrogen-bond donors (Lipinski definition) is 9. The third-order valence-electron chi connectivity index (χ3n) is 15.3. The molecule has 12 aromatic rings. The maximum absolute atomic E-state index is 13.4. The highest BCUT2D eigenvalue weighted by Crippen LogP contribution is 2.36. The van der Waals surface area contributed by atoms with E-state index in [1.807, 2.05) is 112 Å². The molecule has 96 heavy (non-hydrogen) atoms. The standard InChI is InChI=1S/3C23H22FN5O2.CH3FS/c3*1-12-9-17(28-23(31)21(30)15-5-4-6-16(24)10-15)7-8-18(12)19-20-22(25)26-13(2)11-29(20)14(3)27-19;1-3-2/h3*4-11,21,30H,1-3H3,(H2,25,26)(H,28,31);1H3/t2*21-;;/m10../s1. The van der Waals surface area contributed by atoms with Gasteiger partial charge in [0.05, 0.1) is 17.1 Å². The van der Waals surface area contributed by atoms with Crippen molar-refractivity contribution in [3.8, 4) is 33.8 Å². The normalized spacial score (nSPS) is 12.0. The van der Waals surface area contributed by atoms with E-state index in [2.05, 4.69) is 45.9 Å². The van der Waals surface area contributed by atoms with Crippen molar-refractivity contribution in [1.82, 2.24) is 43.1 Å². The number of nitrogens with zero attached hydrogens (tertiary/aromatic N) is 9. The van der Waals surface area contributed by atoms with E-state index in [-0.39, 0.29) is 28.8 Å². The maximum Gasteiger partial charge on any atom is 0.257 e. The number of hydrogen-bond acceptors (Lipinski definition) is 16. The number of aromatic nitrogens is 9. The number of imidazole rings is 3. The molecule has 0 saturated carbocycles. The second-order valence-electron chi connectivity index (χ2n) is 22.6. The molecule has 3 atom stereocenters. The summed E-state index contributed by atoms with van der Waals surface area (Å²) < 4.78 is 56.1. The molecule has 0 fully saturated rings. The van der Waals surface area contributed by atoms with Gasteiger partial charge in [-0.15, -0.1) is 0 Å². The van der Waals surface area contributed by atoms with Gasteiger partial charge in [-0.25, -0.2) is 43.1 Å². The average Bonchev–Trinajstić information content (AvgIpc) is 1.62. The van der Waals surface area contributed by atoms with Crippen molar-refractivity contribution in [2.75, 3.05) is 39.4 Å². The number of benzene rings is 6. The van der Waals surface area contributed by atoms with Gasteiger partial charge in [-0.3, -0.25) is 27.6 Å². The third-order valence-corrected chi connectivity index (χ3v) is 15.3. The van der Waals surface area contributed by atoms with Crippen LogP contribution in [-0.4, -0.2) is 82.4 Å². The fourth-order valence-corrected chi connectivity index (χ4v) is 10.9. The fourth-order valence-electron chi connectivity index (χ4n) is 10.9. The van der Waals surface area contributed by atoms with Gasteiger partial charge in [-0.1, -0.05) is 54.6 Å². The molecule has 1 unspecified atom stereocenters. The van der Waals surface area contributed by atoms with E-state index in [1.165, 1.54) is 60.9 Å². The molecule has 3 amide bonds. The molecule has 6 aromatic carbocycles. The largest absolute Gasteiger partial charge is 0.382 e. The van der Waals surface area contributed by atoms with Crippen molar-refractivity contribution in [2.24, 2.45) is 0 Å². The van der Waals surface area contributed by atoms with E-state index in [0.29, 0.717) is 51.6 Å². The van der Waals surface area contributed by atoms with Crippen molar-refractivity contribution < 1.29 is 46.8 Å². The van der Waals surface area contributed by atoms with Crippen LogP contribution < -0.4 is 33.2 Å². The first-order valence-corrected chi connectivity index (χ1v) is 30.8. The topological polar surface area (TPSA) is 317 Å². The molecule has 0 spiro atoms. The summed E-state index contributed by atoms with van der Waals surface area (Å²) in [5, 5.41) is 38.7. The van der Waals surface area contributed by atoms with Crippen LogP contribution in [0, 0.1) is 79.8 Å². The first-order chi connectivity index (χ1) is 45.6. The van der Waals surface area contributed by atoms with Gasteiger partial charge in [0.25, 0.3) is 17.7 Å². The molecule has 494 valence electrons. The smallest absolute Gasteiger partial charge is 0.257 e. The number of fused-ring (bicyclic) bond motifs is 3. The highest BCUT2D eigenvalue weighted by Gasteiger charge is 2.24. The van der Waals surface area contributed by atoms with Crippen LogP contribution in [0.5, 0.6) is 0 Å². The van der Waals surface area contributed by atoms with E-state index in [1.54, 1.807) is 36.4 Å². The predicted octanol–water partition coefficient (Wildman–Crippen LogP) is 12.4. The van der Waals surface area contributed by atoms with Crippen molar-refractivity contribution in [2.45, 2.75) is 80.6 Å². The lowest BCUT2D eigenvalue weighted by Crippen LogP contribution is -2.21. The zero-order valence-corrected chi connectivity index (χ0v) is 54.6. The van der Waals surface area contributed by atoms with Gasteiger partial charge >= 0.3 is 0 Å². The van der Waals surface area contributed by atoms with Crippen molar-refractivity contribution in [3.63, 3.8) is 0 Å². The molecule has 12 N–H and O–H groups in total. The minimum atomic E-state index is -1.48. The number of nitrogen functional groups attached to an aromatic ring is 3. The average molecular weight is 1320 g/mol. The number of rotatable bonds is 12. The molecule has 12 rings (SSSR count). The predicted molar refractivity (Wildman–Crippen MR) is 366 cm³/mol. The minimum absolute atomic E-state index is 0.184. The fraction of sp³-hybridized carbons (Fsp3) is 0.186. The van der Waals surface area contributed by atoms with Gasteiger partial charge in [-0.05, 0) is 168 Å². The Hall–Kier alpha value is -11.1. The van der Waals surface area contributed by atoms with Crippen LogP contribution in [0.3, 0.4) is 0 Å². The highest BCUT2D eigenvalue weighted by atomic mass is 32.2. The zero-order valence-electron chi connectivity index (χ0n) is 53.8. The molecule has 21 nitrogen and oxygen atoms in total. The summed E-state index contributed by atoms with van der Waals surface area (Å²) in [7, 11) is 0. The lowest BCUT2D eigenvalue weighted by Gasteiger charge is -2.13. The summed E-state index contributed by atoms with van der Waals surface area (Å²) in [6.45, 7) is 17.0. The van der Waals surface area contributed by atoms with Gasteiger partial charge < -0.3 is 48.5 Å². The Morgan fingerprint density at radius 2 is 0.667 bits per heavy atom. The number of aliphatic hydroxyl groups excluding tert-OH is 3. The van der Waals surface area contributed by atoms with Crippen LogP contribution in [0.4, 0.5) is 51.6 Å². The summed E-state index contributed by atoms with van der Waals surface area (Å²) in [5.41, 5.74) is 32.4. The van der Waals surface area contributed by atoms with Gasteiger partial charge in [0, 0.05) is 70.7 Å². The minimum Gasteiger partial charge on any atom is -0.382 e. The third kappa shape index (κ3) is 15.4. The first kappa shape index (κ1) is 69.3. The van der Waals surface area contributed by atoms with E-state index >= 15 is 0 Å². The Labute approximate surface area is 553 Å². The van der Waals surface area contributed by atoms with Gasteiger partial charge in [0.1, 0.15) is 86.0 Å². The second kappa shape index (κ2) is 29.5. The van der Waals surface area contributed by atoms with Crippen LogP contribution in [0.1, 0.15) is 86.2 Å². The number of aryl methyl sites for hydroxylation is 9. The molecule has 0 bridgehead atoms.